The first-order valence-corrected chi connectivity index (χ1v) is 5.48. The number of H-pyrrole nitrogens is 1. The van der Waals surface area contributed by atoms with Crippen LogP contribution in [0.25, 0.3) is 22.3 Å². The Kier molecular flexibility index (Phi) is 2.23. The van der Waals surface area contributed by atoms with Crippen molar-refractivity contribution in [2.45, 2.75) is 0 Å². The number of anilines is 1. The summed E-state index contributed by atoms with van der Waals surface area (Å²) in [4.78, 5) is 3.25. The zero-order valence-electron chi connectivity index (χ0n) is 8.81. The third kappa shape index (κ3) is 1.72. The number of aromatic nitrogens is 3. The molecule has 4 nitrogen and oxygen atoms in total. The summed E-state index contributed by atoms with van der Waals surface area (Å²) >= 11 is 5.72. The molecular formula is C12H9ClN4. The van der Waals surface area contributed by atoms with Crippen molar-refractivity contribution >= 4 is 28.2 Å². The van der Waals surface area contributed by atoms with Crippen molar-refractivity contribution in [2.24, 2.45) is 0 Å². The molecule has 0 aliphatic heterocycles. The SMILES string of the molecule is Nc1cc(Cl)nnc1-c1cc2ccccc2[nH]1. The van der Waals surface area contributed by atoms with Gasteiger partial charge >= 0.3 is 0 Å². The Balaban J connectivity index is 2.20. The number of nitrogens with two attached hydrogens (primary N) is 1. The first kappa shape index (κ1) is 10.1. The highest BCUT2D eigenvalue weighted by Gasteiger charge is 2.09. The molecule has 2 heterocycles. The van der Waals surface area contributed by atoms with Gasteiger partial charge in [0.25, 0.3) is 0 Å². The quantitative estimate of drug-likeness (QED) is 0.692. The van der Waals surface area contributed by atoms with Crippen LogP contribution < -0.4 is 5.73 Å². The molecule has 5 heteroatoms. The molecule has 1 aromatic carbocycles. The maximum atomic E-state index is 5.87. The topological polar surface area (TPSA) is 67.6 Å². The highest BCUT2D eigenvalue weighted by Crippen LogP contribution is 2.26. The van der Waals surface area contributed by atoms with Crippen molar-refractivity contribution in [2.75, 3.05) is 5.73 Å². The van der Waals surface area contributed by atoms with Crippen LogP contribution in [0.2, 0.25) is 5.15 Å². The molecule has 0 amide bonds. The van der Waals surface area contributed by atoms with Gasteiger partial charge in [-0.25, -0.2) is 0 Å². The number of rotatable bonds is 1. The van der Waals surface area contributed by atoms with Gasteiger partial charge in [0, 0.05) is 17.0 Å². The lowest BCUT2D eigenvalue weighted by molar-refractivity contribution is 1.04. The molecule has 0 saturated heterocycles. The number of nitrogens with zero attached hydrogens (tertiary/aromatic N) is 2. The summed E-state index contributed by atoms with van der Waals surface area (Å²) in [5.74, 6) is 0. The number of nitrogen functional groups attached to an aromatic ring is 1. The fourth-order valence-electron chi connectivity index (χ4n) is 1.79. The van der Waals surface area contributed by atoms with Gasteiger partial charge in [-0.05, 0) is 12.1 Å². The van der Waals surface area contributed by atoms with E-state index in [0.717, 1.165) is 16.6 Å². The van der Waals surface area contributed by atoms with E-state index in [9.17, 15) is 0 Å². The van der Waals surface area contributed by atoms with E-state index in [-0.39, 0.29) is 0 Å². The van der Waals surface area contributed by atoms with Gasteiger partial charge in [0.05, 0.1) is 11.4 Å². The lowest BCUT2D eigenvalue weighted by Crippen LogP contribution is -1.96. The zero-order valence-corrected chi connectivity index (χ0v) is 9.57. The monoisotopic (exact) mass is 244 g/mol. The molecule has 84 valence electrons. The molecule has 0 saturated carbocycles. The first-order chi connectivity index (χ1) is 8.24. The number of hydrogen-bond acceptors (Lipinski definition) is 3. The molecule has 17 heavy (non-hydrogen) atoms. The van der Waals surface area contributed by atoms with Crippen LogP contribution in [0.3, 0.4) is 0 Å². The molecule has 0 bridgehead atoms. The van der Waals surface area contributed by atoms with E-state index in [1.807, 2.05) is 30.3 Å². The van der Waals surface area contributed by atoms with Gasteiger partial charge < -0.3 is 10.7 Å². The van der Waals surface area contributed by atoms with Crippen molar-refractivity contribution in [3.05, 3.63) is 41.6 Å². The van der Waals surface area contributed by atoms with Gasteiger partial charge in [0.1, 0.15) is 5.69 Å². The lowest BCUT2D eigenvalue weighted by Gasteiger charge is -2.00. The zero-order chi connectivity index (χ0) is 11.8. The molecule has 3 aromatic rings. The second kappa shape index (κ2) is 3.75. The van der Waals surface area contributed by atoms with Crippen LogP contribution in [-0.4, -0.2) is 15.2 Å². The lowest BCUT2D eigenvalue weighted by atomic mass is 10.2. The van der Waals surface area contributed by atoms with Crippen LogP contribution in [0.15, 0.2) is 36.4 Å². The minimum atomic E-state index is 0.294. The summed E-state index contributed by atoms with van der Waals surface area (Å²) < 4.78 is 0. The van der Waals surface area contributed by atoms with Gasteiger partial charge in [-0.3, -0.25) is 0 Å². The second-order valence-electron chi connectivity index (χ2n) is 3.74. The fraction of sp³-hybridized carbons (Fsp3) is 0. The van der Waals surface area contributed by atoms with E-state index in [1.54, 1.807) is 6.07 Å². The van der Waals surface area contributed by atoms with Crippen LogP contribution in [0.4, 0.5) is 5.69 Å². The number of benzene rings is 1. The third-order valence-electron chi connectivity index (χ3n) is 2.58. The first-order valence-electron chi connectivity index (χ1n) is 5.11. The number of fused-ring (bicyclic) bond motifs is 1. The number of hydrogen-bond donors (Lipinski definition) is 2. The van der Waals surface area contributed by atoms with Crippen LogP contribution >= 0.6 is 11.6 Å². The van der Waals surface area contributed by atoms with Crippen molar-refractivity contribution in [1.29, 1.82) is 0 Å². The number of halogens is 1. The van der Waals surface area contributed by atoms with E-state index in [2.05, 4.69) is 15.2 Å². The maximum absolute atomic E-state index is 5.87. The van der Waals surface area contributed by atoms with Gasteiger partial charge in [-0.2, -0.15) is 0 Å². The molecule has 0 unspecified atom stereocenters. The molecule has 0 atom stereocenters. The van der Waals surface area contributed by atoms with E-state index in [4.69, 9.17) is 17.3 Å². The van der Waals surface area contributed by atoms with Crippen LogP contribution in [0.5, 0.6) is 0 Å². The highest BCUT2D eigenvalue weighted by atomic mass is 35.5. The normalized spacial score (nSPS) is 10.9. The van der Waals surface area contributed by atoms with Gasteiger partial charge in [-0.1, -0.05) is 29.8 Å². The summed E-state index contributed by atoms with van der Waals surface area (Å²) in [5, 5.41) is 9.21. The van der Waals surface area contributed by atoms with Crippen LogP contribution in [0.1, 0.15) is 0 Å². The van der Waals surface area contributed by atoms with Gasteiger partial charge in [0.15, 0.2) is 5.15 Å². The average molecular weight is 245 g/mol. The molecule has 0 aliphatic rings. The maximum Gasteiger partial charge on any atom is 0.153 e. The van der Waals surface area contributed by atoms with E-state index in [1.165, 1.54) is 0 Å². The average Bonchev–Trinajstić information content (AvgIpc) is 2.72. The largest absolute Gasteiger partial charge is 0.397 e. The Morgan fingerprint density at radius 2 is 1.94 bits per heavy atom. The third-order valence-corrected chi connectivity index (χ3v) is 2.76. The number of aromatic amines is 1. The molecule has 0 radical (unpaired) electrons. The molecule has 0 spiro atoms. The molecule has 3 N–H and O–H groups in total. The predicted octanol–water partition coefficient (Wildman–Crippen LogP) is 2.86. The standard InChI is InChI=1S/C12H9ClN4/c13-11-6-8(14)12(17-16-11)10-5-7-3-1-2-4-9(7)15-10/h1-6,15H,(H2,14,16). The molecule has 3 rings (SSSR count). The van der Waals surface area contributed by atoms with E-state index >= 15 is 0 Å². The number of para-hydroxylation sites is 1. The smallest absolute Gasteiger partial charge is 0.153 e. The van der Waals surface area contributed by atoms with Gasteiger partial charge in [-0.15, -0.1) is 10.2 Å². The van der Waals surface area contributed by atoms with E-state index in [0.29, 0.717) is 16.5 Å². The van der Waals surface area contributed by atoms with Crippen molar-refractivity contribution < 1.29 is 0 Å². The predicted molar refractivity (Wildman–Crippen MR) is 68.7 cm³/mol. The summed E-state index contributed by atoms with van der Waals surface area (Å²) in [6.07, 6.45) is 0. The Morgan fingerprint density at radius 1 is 1.12 bits per heavy atom. The van der Waals surface area contributed by atoms with Crippen molar-refractivity contribution in [1.82, 2.24) is 15.2 Å². The molecular weight excluding hydrogens is 236 g/mol. The van der Waals surface area contributed by atoms with Crippen LogP contribution in [-0.2, 0) is 0 Å². The van der Waals surface area contributed by atoms with E-state index < -0.39 is 0 Å². The van der Waals surface area contributed by atoms with Crippen molar-refractivity contribution in [3.8, 4) is 11.4 Å². The Hall–Kier alpha value is -2.07. The highest BCUT2D eigenvalue weighted by molar-refractivity contribution is 6.29. The number of nitrogens with one attached hydrogen (secondary N) is 1. The Labute approximate surface area is 102 Å². The summed E-state index contributed by atoms with van der Waals surface area (Å²) in [6, 6.07) is 11.6. The molecule has 2 aromatic heterocycles. The summed E-state index contributed by atoms with van der Waals surface area (Å²) in [7, 11) is 0. The second-order valence-corrected chi connectivity index (χ2v) is 4.13. The van der Waals surface area contributed by atoms with Crippen LogP contribution in [0, 0.1) is 0 Å². The Bertz CT molecular complexity index is 657. The molecule has 0 aliphatic carbocycles. The minimum absolute atomic E-state index is 0.294. The summed E-state index contributed by atoms with van der Waals surface area (Å²) in [5.41, 5.74) is 8.88. The fourth-order valence-corrected chi connectivity index (χ4v) is 1.95. The van der Waals surface area contributed by atoms with Crippen molar-refractivity contribution in [3.63, 3.8) is 0 Å². The minimum Gasteiger partial charge on any atom is -0.397 e. The van der Waals surface area contributed by atoms with Gasteiger partial charge in [0.2, 0.25) is 0 Å². The summed E-state index contributed by atoms with van der Waals surface area (Å²) in [6.45, 7) is 0. The Morgan fingerprint density at radius 3 is 2.71 bits per heavy atom. The molecule has 0 fully saturated rings.